The molecule has 0 radical (unpaired) electrons. The van der Waals surface area contributed by atoms with Crippen molar-refractivity contribution in [3.05, 3.63) is 33.9 Å². The summed E-state index contributed by atoms with van der Waals surface area (Å²) in [5, 5.41) is 10.9. The fraction of sp³-hybridized carbons (Fsp3) is 0.571. The van der Waals surface area contributed by atoms with Crippen molar-refractivity contribution in [2.24, 2.45) is 11.8 Å². The zero-order valence-corrected chi connectivity index (χ0v) is 12.0. The summed E-state index contributed by atoms with van der Waals surface area (Å²) < 4.78 is 0. The lowest BCUT2D eigenvalue weighted by Gasteiger charge is -2.25. The molecule has 0 aromatic heterocycles. The van der Waals surface area contributed by atoms with Gasteiger partial charge in [-0.2, -0.15) is 0 Å². The molecule has 6 heteroatoms. The first-order valence-electron chi connectivity index (χ1n) is 6.99. The quantitative estimate of drug-likeness (QED) is 0.455. The molecule has 1 saturated carbocycles. The number of nitrogen functional groups attached to an aromatic ring is 1. The average molecular weight is 278 g/mol. The van der Waals surface area contributed by atoms with Crippen LogP contribution in [0.3, 0.4) is 0 Å². The predicted molar refractivity (Wildman–Crippen MR) is 79.2 cm³/mol. The van der Waals surface area contributed by atoms with Gasteiger partial charge in [0, 0.05) is 31.3 Å². The number of rotatable bonds is 7. The van der Waals surface area contributed by atoms with Gasteiger partial charge in [0.1, 0.15) is 0 Å². The highest BCUT2D eigenvalue weighted by atomic mass is 16.6. The van der Waals surface area contributed by atoms with Gasteiger partial charge < -0.3 is 5.43 Å². The zero-order valence-electron chi connectivity index (χ0n) is 12.0. The standard InChI is InChI=1S/C14H22N4O2/c1-10(2)8-17(12-3-4-12)9-11-7-13(18(19)20)5-6-14(11)16-15/h5-7,10,12,16H,3-4,8-9,15H2,1-2H3. The Balaban J connectivity index is 2.20. The predicted octanol–water partition coefficient (Wildman–Crippen LogP) is 2.50. The molecular formula is C14H22N4O2. The van der Waals surface area contributed by atoms with Gasteiger partial charge in [-0.1, -0.05) is 13.8 Å². The Hall–Kier alpha value is -1.66. The van der Waals surface area contributed by atoms with Crippen LogP contribution in [0.1, 0.15) is 32.3 Å². The molecule has 0 bridgehead atoms. The summed E-state index contributed by atoms with van der Waals surface area (Å²) >= 11 is 0. The van der Waals surface area contributed by atoms with Crippen molar-refractivity contribution >= 4 is 11.4 Å². The summed E-state index contributed by atoms with van der Waals surface area (Å²) in [5.74, 6) is 6.08. The molecule has 0 spiro atoms. The van der Waals surface area contributed by atoms with Crippen molar-refractivity contribution in [2.45, 2.75) is 39.3 Å². The van der Waals surface area contributed by atoms with E-state index in [1.807, 2.05) is 0 Å². The second-order valence-electron chi connectivity index (χ2n) is 5.80. The van der Waals surface area contributed by atoms with Gasteiger partial charge in [-0.15, -0.1) is 0 Å². The highest BCUT2D eigenvalue weighted by Gasteiger charge is 2.30. The summed E-state index contributed by atoms with van der Waals surface area (Å²) in [6, 6.07) is 5.38. The van der Waals surface area contributed by atoms with E-state index < -0.39 is 0 Å². The van der Waals surface area contributed by atoms with E-state index >= 15 is 0 Å². The van der Waals surface area contributed by atoms with E-state index in [1.54, 1.807) is 12.1 Å². The van der Waals surface area contributed by atoms with Crippen molar-refractivity contribution in [1.29, 1.82) is 0 Å². The summed E-state index contributed by atoms with van der Waals surface area (Å²) in [7, 11) is 0. The first-order valence-corrected chi connectivity index (χ1v) is 6.99. The van der Waals surface area contributed by atoms with Crippen LogP contribution in [0.4, 0.5) is 11.4 Å². The topological polar surface area (TPSA) is 84.4 Å². The number of nitro benzene ring substituents is 1. The smallest absolute Gasteiger partial charge is 0.269 e. The number of anilines is 1. The van der Waals surface area contributed by atoms with Gasteiger partial charge in [0.2, 0.25) is 0 Å². The lowest BCUT2D eigenvalue weighted by atomic mass is 10.1. The molecule has 1 aromatic rings. The molecule has 6 nitrogen and oxygen atoms in total. The van der Waals surface area contributed by atoms with Gasteiger partial charge in [-0.25, -0.2) is 0 Å². The van der Waals surface area contributed by atoms with Crippen molar-refractivity contribution in [3.8, 4) is 0 Å². The molecule has 1 fully saturated rings. The van der Waals surface area contributed by atoms with Gasteiger partial charge in [0.15, 0.2) is 0 Å². The van der Waals surface area contributed by atoms with Crippen molar-refractivity contribution < 1.29 is 4.92 Å². The van der Waals surface area contributed by atoms with Crippen molar-refractivity contribution in [3.63, 3.8) is 0 Å². The van der Waals surface area contributed by atoms with Gasteiger partial charge >= 0.3 is 0 Å². The lowest BCUT2D eigenvalue weighted by molar-refractivity contribution is -0.384. The molecule has 110 valence electrons. The molecule has 1 aromatic carbocycles. The largest absolute Gasteiger partial charge is 0.324 e. The third-order valence-electron chi connectivity index (χ3n) is 3.49. The molecule has 3 N–H and O–H groups in total. The Labute approximate surface area is 119 Å². The molecule has 0 amide bonds. The van der Waals surface area contributed by atoms with Crippen LogP contribution >= 0.6 is 0 Å². The van der Waals surface area contributed by atoms with E-state index in [0.717, 1.165) is 17.8 Å². The number of hydrogen-bond acceptors (Lipinski definition) is 5. The van der Waals surface area contributed by atoms with Gasteiger partial charge in [0.25, 0.3) is 5.69 Å². The Kier molecular flexibility index (Phi) is 4.57. The number of hydrazine groups is 1. The maximum absolute atomic E-state index is 10.9. The van der Waals surface area contributed by atoms with Crippen LogP contribution in [-0.2, 0) is 6.54 Å². The first kappa shape index (κ1) is 14.7. The number of benzene rings is 1. The van der Waals surface area contributed by atoms with Gasteiger partial charge in [0.05, 0.1) is 10.6 Å². The number of non-ortho nitro benzene ring substituents is 1. The number of nitrogens with two attached hydrogens (primary N) is 1. The summed E-state index contributed by atoms with van der Waals surface area (Å²) in [4.78, 5) is 12.9. The zero-order chi connectivity index (χ0) is 14.7. The van der Waals surface area contributed by atoms with E-state index in [-0.39, 0.29) is 10.6 Å². The highest BCUT2D eigenvalue weighted by molar-refractivity contribution is 5.55. The second kappa shape index (κ2) is 6.19. The molecule has 0 saturated heterocycles. The number of nitrogens with zero attached hydrogens (tertiary/aromatic N) is 2. The molecule has 1 aliphatic rings. The Morgan fingerprint density at radius 3 is 2.70 bits per heavy atom. The normalized spacial score (nSPS) is 14.8. The number of hydrogen-bond donors (Lipinski definition) is 2. The van der Waals surface area contributed by atoms with Crippen LogP contribution in [0.5, 0.6) is 0 Å². The van der Waals surface area contributed by atoms with Crippen LogP contribution in [-0.4, -0.2) is 22.4 Å². The van der Waals surface area contributed by atoms with Crippen LogP contribution in [0.2, 0.25) is 0 Å². The van der Waals surface area contributed by atoms with Crippen LogP contribution < -0.4 is 11.3 Å². The molecule has 20 heavy (non-hydrogen) atoms. The van der Waals surface area contributed by atoms with Gasteiger partial charge in [-0.3, -0.25) is 20.9 Å². The fourth-order valence-electron chi connectivity index (χ4n) is 2.44. The SMILES string of the molecule is CC(C)CN(Cc1cc([N+](=O)[O-])ccc1NN)C1CC1. The van der Waals surface area contributed by atoms with Crippen molar-refractivity contribution in [2.75, 3.05) is 12.0 Å². The molecule has 0 unspecified atom stereocenters. The monoisotopic (exact) mass is 278 g/mol. The third kappa shape index (κ3) is 3.68. The van der Waals surface area contributed by atoms with E-state index in [4.69, 9.17) is 5.84 Å². The summed E-state index contributed by atoms with van der Waals surface area (Å²) in [6.45, 7) is 6.07. The minimum atomic E-state index is -0.367. The number of nitrogens with one attached hydrogen (secondary N) is 1. The molecule has 0 aliphatic heterocycles. The Morgan fingerprint density at radius 1 is 1.50 bits per heavy atom. The minimum absolute atomic E-state index is 0.110. The van der Waals surface area contributed by atoms with E-state index in [9.17, 15) is 10.1 Å². The average Bonchev–Trinajstić information content (AvgIpc) is 3.21. The van der Waals surface area contributed by atoms with E-state index in [2.05, 4.69) is 24.2 Å². The molecule has 0 atom stereocenters. The van der Waals surface area contributed by atoms with Crippen LogP contribution in [0, 0.1) is 16.0 Å². The van der Waals surface area contributed by atoms with Crippen LogP contribution in [0.25, 0.3) is 0 Å². The maximum Gasteiger partial charge on any atom is 0.269 e. The van der Waals surface area contributed by atoms with Crippen LogP contribution in [0.15, 0.2) is 18.2 Å². The molecular weight excluding hydrogens is 256 g/mol. The van der Waals surface area contributed by atoms with E-state index in [0.29, 0.717) is 18.5 Å². The lowest BCUT2D eigenvalue weighted by Crippen LogP contribution is -2.30. The summed E-state index contributed by atoms with van der Waals surface area (Å²) in [6.07, 6.45) is 2.43. The highest BCUT2D eigenvalue weighted by Crippen LogP contribution is 2.31. The summed E-state index contributed by atoms with van der Waals surface area (Å²) in [5.41, 5.74) is 4.38. The molecule has 2 rings (SSSR count). The number of nitro groups is 1. The minimum Gasteiger partial charge on any atom is -0.324 e. The third-order valence-corrected chi connectivity index (χ3v) is 3.49. The maximum atomic E-state index is 10.9. The van der Waals surface area contributed by atoms with Gasteiger partial charge in [-0.05, 0) is 30.4 Å². The second-order valence-corrected chi connectivity index (χ2v) is 5.80. The Morgan fingerprint density at radius 2 is 2.20 bits per heavy atom. The molecule has 0 heterocycles. The van der Waals surface area contributed by atoms with Crippen molar-refractivity contribution in [1.82, 2.24) is 4.90 Å². The first-order chi connectivity index (χ1) is 9.51. The molecule has 1 aliphatic carbocycles. The Bertz CT molecular complexity index is 486. The van der Waals surface area contributed by atoms with E-state index in [1.165, 1.54) is 18.9 Å². The fourth-order valence-corrected chi connectivity index (χ4v) is 2.44.